The Hall–Kier alpha value is -2.84. The molecule has 0 bridgehead atoms. The fraction of sp³-hybridized carbons (Fsp3) is 0.233. The van der Waals surface area contributed by atoms with Crippen molar-refractivity contribution in [3.8, 4) is 11.5 Å². The number of aryl methyl sites for hydroxylation is 2. The van der Waals surface area contributed by atoms with Crippen LogP contribution in [-0.2, 0) is 14.3 Å². The first-order valence-electron chi connectivity index (χ1n) is 22.6. The van der Waals surface area contributed by atoms with Gasteiger partial charge in [-0.15, -0.1) is 24.0 Å². The standard InChI is InChI=1S/C30H34O3.C21H26O3.C9H10O.I3.I2.HI/c1-22(17-18-28-24(3)21-29(32-6)26(5)25(28)4)12-10-13-23(2)20-30(31)33-19-11-16-27-14-8-7-9-15-27;1-14(8-7-9-15(2)12-21(22)23)10-11-19-16(3)13-20(24-6)18(5)17(19)4;10-8-4-7-9-5-2-1-3-6-9;1-3-2;1-2;/h7-18,20-21H,19H2,1-6H3;7-13H,1-6H3,(H,22,23);1-7,10H,8H2;;;1H/q;;;-1;;/b13-10+,16-11+,18-17+,22-12+,23-20+;9-7+,11-10+,14-8+,15-12+;7-4+;;;. The molecule has 0 aliphatic carbocycles. The maximum absolute atomic E-state index is 12.0. The molecule has 0 saturated heterocycles. The Kier molecular flexibility index (Phi) is 43.8. The number of hydrogen-bond acceptors (Lipinski definition) is 6. The van der Waals surface area contributed by atoms with Crippen molar-refractivity contribution < 1.29 is 47.3 Å². The van der Waals surface area contributed by atoms with Crippen LogP contribution >= 0.6 is 98.4 Å². The van der Waals surface area contributed by atoms with Gasteiger partial charge in [0.25, 0.3) is 0 Å². The summed E-state index contributed by atoms with van der Waals surface area (Å²) in [6, 6.07) is 23.9. The molecule has 0 fully saturated rings. The third-order valence-electron chi connectivity index (χ3n) is 10.5. The van der Waals surface area contributed by atoms with E-state index in [0.29, 0.717) is 18.8 Å². The van der Waals surface area contributed by atoms with Crippen LogP contribution < -0.4 is 22.7 Å². The Labute approximate surface area is 507 Å². The van der Waals surface area contributed by atoms with E-state index in [1.165, 1.54) is 45.5 Å². The molecule has 7 nitrogen and oxygen atoms in total. The third kappa shape index (κ3) is 32.4. The number of carbonyl (C=O) groups is 2. The SMILES string of the molecule is COc1cc(C)c(/C=C/C(C)=C/C=C/C(C)=C/C(=O)O)c(C)c1C.COc1cc(C)c(/C=C/C(C)=C/C=C/C(C)=C/C(=O)OC/C=C/c2ccccc2)c(C)c1C.I.II.I[I-]I.OC/C=C/c1ccccc1. The number of ether oxygens (including phenoxy) is 3. The second-order valence-electron chi connectivity index (χ2n) is 15.9. The van der Waals surface area contributed by atoms with Gasteiger partial charge >= 0.3 is 62.4 Å². The molecule has 4 rings (SSSR count). The summed E-state index contributed by atoms with van der Waals surface area (Å²) in [6.45, 7) is 20.6. The maximum Gasteiger partial charge on any atom is 0.0615 e. The number of hydrogen-bond donors (Lipinski definition) is 2. The van der Waals surface area contributed by atoms with Crippen LogP contribution in [0.1, 0.15) is 83.3 Å². The molecule has 0 aliphatic rings. The molecule has 2 N–H and O–H groups in total. The molecule has 0 spiro atoms. The first-order chi connectivity index (χ1) is 34.4. The van der Waals surface area contributed by atoms with Gasteiger partial charge in [0.2, 0.25) is 0 Å². The molecule has 4 aromatic carbocycles. The Morgan fingerprint density at radius 2 is 0.959 bits per heavy atom. The van der Waals surface area contributed by atoms with Crippen LogP contribution in [0.2, 0.25) is 0 Å². The zero-order chi connectivity index (χ0) is 54.4. The number of carboxylic acids is 1. The number of methoxy groups -OCH3 is 2. The molecule has 0 aromatic heterocycles. The van der Waals surface area contributed by atoms with Gasteiger partial charge in [-0.2, -0.15) is 0 Å². The molecule has 0 heterocycles. The van der Waals surface area contributed by atoms with Gasteiger partial charge in [-0.1, -0.05) is 151 Å². The average molecular weight is 1670 g/mol. The van der Waals surface area contributed by atoms with Crippen molar-refractivity contribution in [2.75, 3.05) is 27.4 Å². The molecule has 0 saturated carbocycles. The Bertz CT molecular complexity index is 2590. The van der Waals surface area contributed by atoms with Gasteiger partial charge in [-0.25, -0.2) is 9.59 Å². The molecule has 396 valence electrons. The number of esters is 1. The number of aliphatic hydroxyl groups is 1. The summed E-state index contributed by atoms with van der Waals surface area (Å²) in [5, 5.41) is 17.1. The summed E-state index contributed by atoms with van der Waals surface area (Å²) in [5.41, 5.74) is 15.5. The van der Waals surface area contributed by atoms with Crippen LogP contribution in [0.3, 0.4) is 0 Å². The smallest absolute Gasteiger partial charge is 0.0615 e. The van der Waals surface area contributed by atoms with Crippen molar-refractivity contribution in [2.45, 2.75) is 69.2 Å². The van der Waals surface area contributed by atoms with E-state index >= 15 is 0 Å². The van der Waals surface area contributed by atoms with E-state index in [-0.39, 0.29) is 43.2 Å². The number of rotatable bonds is 17. The Balaban J connectivity index is 0. The Morgan fingerprint density at radius 3 is 1.33 bits per heavy atom. The molecule has 0 atom stereocenters. The van der Waals surface area contributed by atoms with E-state index in [2.05, 4.69) is 152 Å². The minimum Gasteiger partial charge on any atom is -0.392 e. The minimum atomic E-state index is -0.932. The van der Waals surface area contributed by atoms with Crippen LogP contribution in [0.15, 0.2) is 168 Å². The Morgan fingerprint density at radius 1 is 0.575 bits per heavy atom. The molecule has 4 aromatic rings. The van der Waals surface area contributed by atoms with Gasteiger partial charge in [-0.3, -0.25) is 0 Å². The number of halogens is 6. The van der Waals surface area contributed by atoms with Crippen molar-refractivity contribution in [1.29, 1.82) is 0 Å². The normalized spacial score (nSPS) is 11.9. The van der Waals surface area contributed by atoms with Crippen molar-refractivity contribution in [2.24, 2.45) is 0 Å². The zero-order valence-corrected chi connectivity index (χ0v) is 56.9. The summed E-state index contributed by atoms with van der Waals surface area (Å²) in [5.74, 6) is 0.554. The average Bonchev–Trinajstić information content (AvgIpc) is 3.36. The fourth-order valence-electron chi connectivity index (χ4n) is 6.46. The summed E-state index contributed by atoms with van der Waals surface area (Å²) in [7, 11) is 3.39. The fourth-order valence-corrected chi connectivity index (χ4v) is 6.46. The zero-order valence-electron chi connectivity index (χ0n) is 43.8. The minimum absolute atomic E-state index is 0. The monoisotopic (exact) mass is 1660 g/mol. The topological polar surface area (TPSA) is 102 Å². The number of benzene rings is 4. The van der Waals surface area contributed by atoms with E-state index < -0.39 is 5.97 Å². The van der Waals surface area contributed by atoms with Gasteiger partial charge in [0.05, 0.1) is 20.8 Å². The largest absolute Gasteiger partial charge is 0.392 e. The molecular weight excluding hydrogens is 1590 g/mol. The number of carboxylic acid groups (broad SMARTS) is 1. The first kappa shape index (κ1) is 72.2. The van der Waals surface area contributed by atoms with Crippen LogP contribution in [0.5, 0.6) is 11.5 Å². The van der Waals surface area contributed by atoms with Crippen LogP contribution in [0, 0.1) is 41.5 Å². The predicted molar refractivity (Wildman–Crippen MR) is 354 cm³/mol. The van der Waals surface area contributed by atoms with E-state index in [9.17, 15) is 9.59 Å². The van der Waals surface area contributed by atoms with E-state index in [1.807, 2.05) is 130 Å². The predicted octanol–water partition coefficient (Wildman–Crippen LogP) is 15.4. The second kappa shape index (κ2) is 44.3. The van der Waals surface area contributed by atoms with Crippen LogP contribution in [0.4, 0.5) is 0 Å². The van der Waals surface area contributed by atoms with E-state index in [4.69, 9.17) is 24.4 Å². The van der Waals surface area contributed by atoms with Crippen LogP contribution in [-0.4, -0.2) is 49.6 Å². The molecule has 0 unspecified atom stereocenters. The summed E-state index contributed by atoms with van der Waals surface area (Å²) < 4.78 is 16.1. The first-order valence-corrected chi connectivity index (χ1v) is 41.5. The maximum atomic E-state index is 12.0. The van der Waals surface area contributed by atoms with Gasteiger partial charge in [-0.05, 0) is 154 Å². The molecule has 0 aliphatic heterocycles. The van der Waals surface area contributed by atoms with Gasteiger partial charge in [0.1, 0.15) is 18.1 Å². The number of allylic oxidation sites excluding steroid dienone is 12. The van der Waals surface area contributed by atoms with E-state index in [0.717, 1.165) is 50.5 Å². The number of aliphatic hydroxyl groups excluding tert-OH is 1. The van der Waals surface area contributed by atoms with Gasteiger partial charge < -0.3 is 24.4 Å². The summed E-state index contributed by atoms with van der Waals surface area (Å²) >= 11 is 9.54. The van der Waals surface area contributed by atoms with E-state index in [1.54, 1.807) is 33.3 Å². The molecule has 0 amide bonds. The molecule has 73 heavy (non-hydrogen) atoms. The molecular formula is C60H71I6O7-. The number of carbonyl (C=O) groups excluding carboxylic acids is 1. The summed E-state index contributed by atoms with van der Waals surface area (Å²) in [6.07, 6.45) is 29.9. The number of aliphatic carboxylic acids is 1. The molecule has 0 radical (unpaired) electrons. The van der Waals surface area contributed by atoms with Gasteiger partial charge in [0.15, 0.2) is 0 Å². The second-order valence-corrected chi connectivity index (χ2v) is 32.2. The van der Waals surface area contributed by atoms with Crippen molar-refractivity contribution in [3.05, 3.63) is 224 Å². The van der Waals surface area contributed by atoms with Crippen molar-refractivity contribution >= 4 is 135 Å². The third-order valence-corrected chi connectivity index (χ3v) is 10.5. The van der Waals surface area contributed by atoms with Crippen molar-refractivity contribution in [3.63, 3.8) is 0 Å². The summed E-state index contributed by atoms with van der Waals surface area (Å²) in [4.78, 5) is 22.5. The van der Waals surface area contributed by atoms with Crippen molar-refractivity contribution in [1.82, 2.24) is 0 Å². The molecule has 13 heteroatoms. The van der Waals surface area contributed by atoms with Crippen LogP contribution in [0.25, 0.3) is 24.3 Å². The van der Waals surface area contributed by atoms with Gasteiger partial charge in [0, 0.05) is 49.4 Å². The quantitative estimate of drug-likeness (QED) is 0.0470.